The number of hydrogen-bond acceptors (Lipinski definition) is 3. The molecule has 0 spiro atoms. The monoisotopic (exact) mass is 397 g/mol. The molecule has 0 bridgehead atoms. The van der Waals surface area contributed by atoms with E-state index in [1.165, 1.54) is 22.5 Å². The zero-order valence-electron chi connectivity index (χ0n) is 17.4. The standard InChI is InChI=1S/C23H31N3OS/c1-5-18-8-7-9-19(6-2)22(18)24-23(28)25-14-15-26(17(3)16-25)20-10-12-21(27-4)13-11-20/h7-13,17H,5-6,14-16H2,1-4H3,(H,24,28). The highest BCUT2D eigenvalue weighted by Crippen LogP contribution is 2.26. The average Bonchev–Trinajstić information content (AvgIpc) is 2.73. The lowest BCUT2D eigenvalue weighted by Crippen LogP contribution is -2.54. The van der Waals surface area contributed by atoms with Gasteiger partial charge in [-0.05, 0) is 67.4 Å². The van der Waals surface area contributed by atoms with E-state index in [4.69, 9.17) is 17.0 Å². The summed E-state index contributed by atoms with van der Waals surface area (Å²) in [4.78, 5) is 4.74. The van der Waals surface area contributed by atoms with Crippen LogP contribution in [0.4, 0.5) is 11.4 Å². The predicted molar refractivity (Wildman–Crippen MR) is 123 cm³/mol. The van der Waals surface area contributed by atoms with Gasteiger partial charge in [-0.3, -0.25) is 0 Å². The second-order valence-electron chi connectivity index (χ2n) is 7.27. The molecule has 1 heterocycles. The van der Waals surface area contributed by atoms with Crippen LogP contribution in [-0.2, 0) is 12.8 Å². The quantitative estimate of drug-likeness (QED) is 0.737. The van der Waals surface area contributed by atoms with E-state index < -0.39 is 0 Å². The van der Waals surface area contributed by atoms with Crippen LogP contribution < -0.4 is 15.0 Å². The fourth-order valence-corrected chi connectivity index (χ4v) is 4.16. The van der Waals surface area contributed by atoms with Gasteiger partial charge in [0.1, 0.15) is 5.75 Å². The first kappa shape index (κ1) is 20.5. The Balaban J connectivity index is 1.67. The van der Waals surface area contributed by atoms with Crippen molar-refractivity contribution in [3.05, 3.63) is 53.6 Å². The minimum absolute atomic E-state index is 0.383. The number of ether oxygens (including phenoxy) is 1. The summed E-state index contributed by atoms with van der Waals surface area (Å²) < 4.78 is 5.27. The SMILES string of the molecule is CCc1cccc(CC)c1NC(=S)N1CCN(c2ccc(OC)cc2)C(C)C1. The van der Waals surface area contributed by atoms with Crippen LogP contribution in [0.5, 0.6) is 5.75 Å². The number of benzene rings is 2. The van der Waals surface area contributed by atoms with E-state index in [-0.39, 0.29) is 0 Å². The number of thiocarbonyl (C=S) groups is 1. The van der Waals surface area contributed by atoms with Crippen LogP contribution in [0.25, 0.3) is 0 Å². The fourth-order valence-electron chi connectivity index (χ4n) is 3.89. The summed E-state index contributed by atoms with van der Waals surface area (Å²) in [5.74, 6) is 0.890. The van der Waals surface area contributed by atoms with Crippen molar-refractivity contribution < 1.29 is 4.74 Å². The number of nitrogens with one attached hydrogen (secondary N) is 1. The normalized spacial score (nSPS) is 16.8. The summed E-state index contributed by atoms with van der Waals surface area (Å²) in [6, 6.07) is 15.2. The molecule has 1 fully saturated rings. The number of aryl methyl sites for hydroxylation is 2. The zero-order chi connectivity index (χ0) is 20.1. The van der Waals surface area contributed by atoms with Crippen LogP contribution in [0, 0.1) is 0 Å². The van der Waals surface area contributed by atoms with Crippen molar-refractivity contribution in [3.8, 4) is 5.75 Å². The van der Waals surface area contributed by atoms with E-state index in [1.807, 2.05) is 12.1 Å². The molecule has 0 saturated carbocycles. The van der Waals surface area contributed by atoms with Gasteiger partial charge in [-0.1, -0.05) is 32.0 Å². The van der Waals surface area contributed by atoms with Gasteiger partial charge in [0.25, 0.3) is 0 Å². The van der Waals surface area contributed by atoms with E-state index in [0.717, 1.165) is 43.3 Å². The highest BCUT2D eigenvalue weighted by molar-refractivity contribution is 7.80. The average molecular weight is 398 g/mol. The number of methoxy groups -OCH3 is 1. The number of anilines is 2. The van der Waals surface area contributed by atoms with Crippen LogP contribution in [0.15, 0.2) is 42.5 Å². The first-order valence-corrected chi connectivity index (χ1v) is 10.6. The largest absolute Gasteiger partial charge is 0.497 e. The van der Waals surface area contributed by atoms with Gasteiger partial charge in [0, 0.05) is 37.1 Å². The van der Waals surface area contributed by atoms with Gasteiger partial charge in [-0.25, -0.2) is 0 Å². The molecule has 1 atom stereocenters. The van der Waals surface area contributed by atoms with Crippen LogP contribution in [-0.4, -0.2) is 42.8 Å². The summed E-state index contributed by atoms with van der Waals surface area (Å²) in [5.41, 5.74) is 5.08. The lowest BCUT2D eigenvalue weighted by molar-refractivity contribution is 0.342. The molecular formula is C23H31N3OS. The molecule has 0 amide bonds. The molecule has 0 radical (unpaired) electrons. The molecule has 4 nitrogen and oxygen atoms in total. The molecule has 1 saturated heterocycles. The van der Waals surface area contributed by atoms with Gasteiger partial charge < -0.3 is 19.9 Å². The third-order valence-electron chi connectivity index (χ3n) is 5.55. The maximum absolute atomic E-state index is 5.79. The van der Waals surface area contributed by atoms with Crippen molar-refractivity contribution in [1.29, 1.82) is 0 Å². The molecule has 1 aliphatic rings. The van der Waals surface area contributed by atoms with Crippen molar-refractivity contribution in [2.45, 2.75) is 39.7 Å². The van der Waals surface area contributed by atoms with E-state index >= 15 is 0 Å². The Morgan fingerprint density at radius 2 is 1.71 bits per heavy atom. The third kappa shape index (κ3) is 4.41. The van der Waals surface area contributed by atoms with Crippen molar-refractivity contribution in [3.63, 3.8) is 0 Å². The van der Waals surface area contributed by atoms with E-state index in [0.29, 0.717) is 6.04 Å². The Morgan fingerprint density at radius 1 is 1.07 bits per heavy atom. The van der Waals surface area contributed by atoms with Crippen LogP contribution in [0.2, 0.25) is 0 Å². The maximum atomic E-state index is 5.79. The number of rotatable bonds is 5. The van der Waals surface area contributed by atoms with Gasteiger partial charge in [0.15, 0.2) is 5.11 Å². The molecule has 2 aromatic rings. The highest BCUT2D eigenvalue weighted by Gasteiger charge is 2.26. The molecule has 5 heteroatoms. The maximum Gasteiger partial charge on any atom is 0.173 e. The smallest absolute Gasteiger partial charge is 0.173 e. The number of nitrogens with zero attached hydrogens (tertiary/aromatic N) is 2. The number of para-hydroxylation sites is 1. The Kier molecular flexibility index (Phi) is 6.79. The van der Waals surface area contributed by atoms with Crippen LogP contribution in [0.1, 0.15) is 31.9 Å². The fraction of sp³-hybridized carbons (Fsp3) is 0.435. The van der Waals surface area contributed by atoms with E-state index in [1.54, 1.807) is 7.11 Å². The molecule has 28 heavy (non-hydrogen) atoms. The van der Waals surface area contributed by atoms with Crippen LogP contribution >= 0.6 is 12.2 Å². The van der Waals surface area contributed by atoms with Crippen molar-refractivity contribution in [1.82, 2.24) is 4.90 Å². The Labute approximate surface area is 174 Å². The van der Waals surface area contributed by atoms with E-state index in [9.17, 15) is 0 Å². The third-order valence-corrected chi connectivity index (χ3v) is 5.91. The van der Waals surface area contributed by atoms with Crippen molar-refractivity contribution in [2.75, 3.05) is 37.0 Å². The van der Waals surface area contributed by atoms with Crippen molar-refractivity contribution in [2.24, 2.45) is 0 Å². The number of piperazine rings is 1. The van der Waals surface area contributed by atoms with Gasteiger partial charge in [-0.2, -0.15) is 0 Å². The molecule has 0 aliphatic carbocycles. The molecular weight excluding hydrogens is 366 g/mol. The molecule has 2 aromatic carbocycles. The summed E-state index contributed by atoms with van der Waals surface area (Å²) in [7, 11) is 1.70. The summed E-state index contributed by atoms with van der Waals surface area (Å²) in [6.07, 6.45) is 2.00. The molecule has 1 aliphatic heterocycles. The number of hydrogen-bond donors (Lipinski definition) is 1. The van der Waals surface area contributed by atoms with E-state index in [2.05, 4.69) is 66.2 Å². The van der Waals surface area contributed by atoms with Gasteiger partial charge >= 0.3 is 0 Å². The second kappa shape index (κ2) is 9.28. The highest BCUT2D eigenvalue weighted by atomic mass is 32.1. The van der Waals surface area contributed by atoms with Gasteiger partial charge in [-0.15, -0.1) is 0 Å². The molecule has 3 rings (SSSR count). The van der Waals surface area contributed by atoms with Crippen LogP contribution in [0.3, 0.4) is 0 Å². The summed E-state index contributed by atoms with van der Waals surface area (Å²) in [5, 5.41) is 4.39. The summed E-state index contributed by atoms with van der Waals surface area (Å²) in [6.45, 7) is 9.42. The minimum Gasteiger partial charge on any atom is -0.497 e. The Hall–Kier alpha value is -2.27. The predicted octanol–water partition coefficient (Wildman–Crippen LogP) is 4.73. The van der Waals surface area contributed by atoms with Gasteiger partial charge in [0.05, 0.1) is 7.11 Å². The second-order valence-corrected chi connectivity index (χ2v) is 7.66. The van der Waals surface area contributed by atoms with Crippen molar-refractivity contribution >= 4 is 28.7 Å². The molecule has 150 valence electrons. The Bertz CT molecular complexity index is 784. The summed E-state index contributed by atoms with van der Waals surface area (Å²) >= 11 is 5.79. The molecule has 0 aromatic heterocycles. The zero-order valence-corrected chi connectivity index (χ0v) is 18.2. The molecule has 1 N–H and O–H groups in total. The lowest BCUT2D eigenvalue weighted by atomic mass is 10.0. The topological polar surface area (TPSA) is 27.7 Å². The first-order valence-electron chi connectivity index (χ1n) is 10.1. The lowest BCUT2D eigenvalue weighted by Gasteiger charge is -2.42. The van der Waals surface area contributed by atoms with Gasteiger partial charge in [0.2, 0.25) is 0 Å². The molecule has 1 unspecified atom stereocenters. The Morgan fingerprint density at radius 3 is 2.25 bits per heavy atom. The minimum atomic E-state index is 0.383. The first-order chi connectivity index (χ1) is 13.6.